The zero-order chi connectivity index (χ0) is 12.3. The van der Waals surface area contributed by atoms with Crippen LogP contribution in [-0.2, 0) is 6.42 Å². The molecular weight excluding hydrogens is 221 g/mol. The molecular formula is C11H11F3O2. The molecule has 0 bridgehead atoms. The minimum absolute atomic E-state index is 0.221. The Morgan fingerprint density at radius 2 is 1.94 bits per heavy atom. The number of carbonyl (C=O) groups excluding carboxylic acids is 1. The molecule has 0 amide bonds. The quantitative estimate of drug-likeness (QED) is 0.747. The summed E-state index contributed by atoms with van der Waals surface area (Å²) in [5.74, 6) is -0.639. The van der Waals surface area contributed by atoms with Crippen molar-refractivity contribution >= 4 is 5.78 Å². The highest BCUT2D eigenvalue weighted by Gasteiger charge is 2.31. The molecule has 88 valence electrons. The number of aryl methyl sites for hydroxylation is 1. The van der Waals surface area contributed by atoms with Crippen LogP contribution in [0.3, 0.4) is 0 Å². The van der Waals surface area contributed by atoms with E-state index in [9.17, 15) is 18.0 Å². The van der Waals surface area contributed by atoms with Crippen molar-refractivity contribution in [2.45, 2.75) is 26.6 Å². The van der Waals surface area contributed by atoms with Gasteiger partial charge >= 0.3 is 6.36 Å². The van der Waals surface area contributed by atoms with Crippen LogP contribution in [0.1, 0.15) is 29.8 Å². The summed E-state index contributed by atoms with van der Waals surface area (Å²) in [6.07, 6.45) is -4.20. The van der Waals surface area contributed by atoms with E-state index in [4.69, 9.17) is 0 Å². The number of hydrogen-bond donors (Lipinski definition) is 0. The molecule has 0 aliphatic carbocycles. The molecule has 0 saturated heterocycles. The Balaban J connectivity index is 3.09. The number of benzene rings is 1. The van der Waals surface area contributed by atoms with Crippen molar-refractivity contribution in [3.63, 3.8) is 0 Å². The maximum atomic E-state index is 12.0. The van der Waals surface area contributed by atoms with Crippen LogP contribution in [0.15, 0.2) is 18.2 Å². The average Bonchev–Trinajstić information content (AvgIpc) is 2.14. The topological polar surface area (TPSA) is 26.3 Å². The van der Waals surface area contributed by atoms with Gasteiger partial charge in [-0.1, -0.05) is 6.92 Å². The number of ketones is 1. The first-order valence-electron chi connectivity index (χ1n) is 4.72. The molecule has 0 aliphatic rings. The zero-order valence-corrected chi connectivity index (χ0v) is 8.89. The first-order chi connectivity index (χ1) is 7.31. The lowest BCUT2D eigenvalue weighted by Gasteiger charge is -2.11. The van der Waals surface area contributed by atoms with Gasteiger partial charge in [0.15, 0.2) is 5.78 Å². The molecule has 1 aromatic carbocycles. The zero-order valence-electron chi connectivity index (χ0n) is 8.89. The number of rotatable bonds is 3. The molecule has 16 heavy (non-hydrogen) atoms. The van der Waals surface area contributed by atoms with E-state index in [1.54, 1.807) is 13.0 Å². The Hall–Kier alpha value is -1.52. The van der Waals surface area contributed by atoms with Crippen molar-refractivity contribution in [1.29, 1.82) is 0 Å². The molecule has 0 radical (unpaired) electrons. The smallest absolute Gasteiger partial charge is 0.406 e. The van der Waals surface area contributed by atoms with Crippen LogP contribution < -0.4 is 4.74 Å². The summed E-state index contributed by atoms with van der Waals surface area (Å²) in [5.41, 5.74) is 0.852. The number of halogens is 3. The Labute approximate surface area is 91.0 Å². The third-order valence-electron chi connectivity index (χ3n) is 2.01. The second-order valence-electron chi connectivity index (χ2n) is 3.32. The van der Waals surface area contributed by atoms with E-state index < -0.39 is 6.36 Å². The highest BCUT2D eigenvalue weighted by Crippen LogP contribution is 2.25. The van der Waals surface area contributed by atoms with E-state index in [0.29, 0.717) is 12.0 Å². The average molecular weight is 232 g/mol. The summed E-state index contributed by atoms with van der Waals surface area (Å²) in [7, 11) is 0. The maximum Gasteiger partial charge on any atom is 0.573 e. The third-order valence-corrected chi connectivity index (χ3v) is 2.01. The van der Waals surface area contributed by atoms with E-state index in [1.807, 2.05) is 0 Å². The van der Waals surface area contributed by atoms with Gasteiger partial charge in [-0.25, -0.2) is 0 Å². The van der Waals surface area contributed by atoms with E-state index >= 15 is 0 Å². The molecule has 0 saturated carbocycles. The van der Waals surface area contributed by atoms with Gasteiger partial charge in [0.2, 0.25) is 0 Å². The summed E-state index contributed by atoms with van der Waals surface area (Å²) >= 11 is 0. The summed E-state index contributed by atoms with van der Waals surface area (Å²) in [5, 5.41) is 0. The predicted molar refractivity (Wildman–Crippen MR) is 52.5 cm³/mol. The molecule has 0 heterocycles. The van der Waals surface area contributed by atoms with Crippen molar-refractivity contribution in [2.75, 3.05) is 0 Å². The number of hydrogen-bond acceptors (Lipinski definition) is 2. The van der Waals surface area contributed by atoms with Gasteiger partial charge in [0, 0.05) is 5.56 Å². The van der Waals surface area contributed by atoms with Gasteiger partial charge in [0.25, 0.3) is 0 Å². The summed E-state index contributed by atoms with van der Waals surface area (Å²) in [6, 6.07) is 3.93. The molecule has 0 aromatic heterocycles. The van der Waals surface area contributed by atoms with E-state index in [1.165, 1.54) is 13.0 Å². The molecule has 0 unspecified atom stereocenters. The van der Waals surface area contributed by atoms with E-state index in [0.717, 1.165) is 6.07 Å². The van der Waals surface area contributed by atoms with Gasteiger partial charge in [-0.15, -0.1) is 13.2 Å². The molecule has 1 rings (SSSR count). The van der Waals surface area contributed by atoms with Gasteiger partial charge in [-0.3, -0.25) is 4.79 Å². The van der Waals surface area contributed by atoms with Gasteiger partial charge in [0.05, 0.1) is 0 Å². The number of Topliss-reactive ketones (excluding diaryl/α,β-unsaturated/α-hetero) is 1. The van der Waals surface area contributed by atoms with Crippen molar-refractivity contribution in [2.24, 2.45) is 0 Å². The lowest BCUT2D eigenvalue weighted by Crippen LogP contribution is -2.17. The molecule has 1 aromatic rings. The normalized spacial score (nSPS) is 11.3. The molecule has 5 heteroatoms. The Morgan fingerprint density at radius 3 is 2.38 bits per heavy atom. The van der Waals surface area contributed by atoms with E-state index in [-0.39, 0.29) is 17.1 Å². The van der Waals surface area contributed by atoms with Gasteiger partial charge in [-0.05, 0) is 37.1 Å². The summed E-state index contributed by atoms with van der Waals surface area (Å²) in [4.78, 5) is 11.1. The molecule has 0 N–H and O–H groups in total. The summed E-state index contributed by atoms with van der Waals surface area (Å²) < 4.78 is 39.8. The predicted octanol–water partition coefficient (Wildman–Crippen LogP) is 3.35. The fourth-order valence-corrected chi connectivity index (χ4v) is 1.26. The maximum absolute atomic E-state index is 12.0. The SMILES string of the molecule is CCc1cc(OC(F)(F)F)cc(C(C)=O)c1. The first-order valence-corrected chi connectivity index (χ1v) is 4.72. The second-order valence-corrected chi connectivity index (χ2v) is 3.32. The number of alkyl halides is 3. The third kappa shape index (κ3) is 3.56. The van der Waals surface area contributed by atoms with Crippen LogP contribution in [0.2, 0.25) is 0 Å². The number of ether oxygens (including phenoxy) is 1. The fourth-order valence-electron chi connectivity index (χ4n) is 1.26. The van der Waals surface area contributed by atoms with Gasteiger partial charge in [0.1, 0.15) is 5.75 Å². The minimum atomic E-state index is -4.74. The lowest BCUT2D eigenvalue weighted by molar-refractivity contribution is -0.274. The van der Waals surface area contributed by atoms with Crippen LogP contribution in [0, 0.1) is 0 Å². The van der Waals surface area contributed by atoms with Crippen LogP contribution >= 0.6 is 0 Å². The molecule has 0 fully saturated rings. The van der Waals surface area contributed by atoms with E-state index in [2.05, 4.69) is 4.74 Å². The molecule has 0 atom stereocenters. The first kappa shape index (κ1) is 12.5. The second kappa shape index (κ2) is 4.55. The highest BCUT2D eigenvalue weighted by molar-refractivity contribution is 5.94. The largest absolute Gasteiger partial charge is 0.573 e. The van der Waals surface area contributed by atoms with Crippen molar-refractivity contribution in [3.8, 4) is 5.75 Å². The lowest BCUT2D eigenvalue weighted by atomic mass is 10.1. The van der Waals surface area contributed by atoms with Crippen LogP contribution in [0.5, 0.6) is 5.75 Å². The summed E-state index contributed by atoms with van der Waals surface area (Å²) in [6.45, 7) is 3.09. The Kier molecular flexibility index (Phi) is 3.57. The van der Waals surface area contributed by atoms with Crippen molar-refractivity contribution < 1.29 is 22.7 Å². The Morgan fingerprint density at radius 1 is 1.31 bits per heavy atom. The molecule has 0 spiro atoms. The Bertz CT molecular complexity index is 397. The fraction of sp³-hybridized carbons (Fsp3) is 0.364. The van der Waals surface area contributed by atoms with Crippen LogP contribution in [0.25, 0.3) is 0 Å². The van der Waals surface area contributed by atoms with Crippen LogP contribution in [0.4, 0.5) is 13.2 Å². The highest BCUT2D eigenvalue weighted by atomic mass is 19.4. The van der Waals surface area contributed by atoms with Crippen LogP contribution in [-0.4, -0.2) is 12.1 Å². The number of carbonyl (C=O) groups is 1. The monoisotopic (exact) mass is 232 g/mol. The molecule has 2 nitrogen and oxygen atoms in total. The standard InChI is InChI=1S/C11H11F3O2/c1-3-8-4-9(7(2)15)6-10(5-8)16-11(12,13)14/h4-6H,3H2,1-2H3. The van der Waals surface area contributed by atoms with Crippen molar-refractivity contribution in [1.82, 2.24) is 0 Å². The van der Waals surface area contributed by atoms with Gasteiger partial charge < -0.3 is 4.74 Å². The van der Waals surface area contributed by atoms with Crippen molar-refractivity contribution in [3.05, 3.63) is 29.3 Å². The van der Waals surface area contributed by atoms with Gasteiger partial charge in [-0.2, -0.15) is 0 Å². The minimum Gasteiger partial charge on any atom is -0.406 e. The molecule has 0 aliphatic heterocycles.